The zero-order valence-corrected chi connectivity index (χ0v) is 14.2. The summed E-state index contributed by atoms with van der Waals surface area (Å²) in [7, 11) is 0. The van der Waals surface area contributed by atoms with Crippen LogP contribution >= 0.6 is 0 Å². The topological polar surface area (TPSA) is 79.7 Å². The molecule has 2 heterocycles. The van der Waals surface area contributed by atoms with Gasteiger partial charge in [-0.3, -0.25) is 9.59 Å². The molecule has 1 aromatic heterocycles. The van der Waals surface area contributed by atoms with Crippen LogP contribution < -0.4 is 4.74 Å². The molecule has 2 aromatic rings. The van der Waals surface area contributed by atoms with Crippen molar-refractivity contribution in [3.05, 3.63) is 59.3 Å². The number of nitrogens with zero attached hydrogens (tertiary/aromatic N) is 2. The molecule has 0 saturated heterocycles. The monoisotopic (exact) mass is 340 g/mol. The Balaban J connectivity index is 1.87. The van der Waals surface area contributed by atoms with Crippen LogP contribution in [-0.4, -0.2) is 39.5 Å². The Morgan fingerprint density at radius 3 is 2.68 bits per heavy atom. The van der Waals surface area contributed by atoms with E-state index in [0.717, 1.165) is 11.1 Å². The number of fused-ring (bicyclic) bond motifs is 1. The molecule has 25 heavy (non-hydrogen) atoms. The molecule has 3 rings (SSSR count). The summed E-state index contributed by atoms with van der Waals surface area (Å²) >= 11 is 0. The maximum atomic E-state index is 12.8. The summed E-state index contributed by atoms with van der Waals surface area (Å²) in [4.78, 5) is 30.2. The van der Waals surface area contributed by atoms with Gasteiger partial charge in [-0.1, -0.05) is 30.3 Å². The summed E-state index contributed by atoms with van der Waals surface area (Å²) in [5.74, 6) is -1.58. The molecule has 1 unspecified atom stereocenters. The number of hydrogen-bond acceptors (Lipinski definition) is 4. The van der Waals surface area contributed by atoms with Gasteiger partial charge < -0.3 is 14.7 Å². The summed E-state index contributed by atoms with van der Waals surface area (Å²) in [6, 6.07) is 12.4. The minimum atomic E-state index is -0.935. The van der Waals surface area contributed by atoms with Crippen LogP contribution in [0.3, 0.4) is 0 Å². The van der Waals surface area contributed by atoms with E-state index in [4.69, 9.17) is 4.74 Å². The van der Waals surface area contributed by atoms with Crippen molar-refractivity contribution in [2.75, 3.05) is 6.54 Å². The number of carboxylic acids is 1. The molecule has 0 saturated carbocycles. The van der Waals surface area contributed by atoms with E-state index in [-0.39, 0.29) is 24.2 Å². The van der Waals surface area contributed by atoms with Crippen molar-refractivity contribution >= 4 is 11.9 Å². The highest BCUT2D eigenvalue weighted by molar-refractivity contribution is 5.93. The Morgan fingerprint density at radius 1 is 1.20 bits per heavy atom. The molecule has 0 aliphatic carbocycles. The Kier molecular flexibility index (Phi) is 4.70. The van der Waals surface area contributed by atoms with Crippen LogP contribution in [0, 0.1) is 0 Å². The van der Waals surface area contributed by atoms with Crippen molar-refractivity contribution in [3.63, 3.8) is 0 Å². The van der Waals surface area contributed by atoms with Gasteiger partial charge >= 0.3 is 5.97 Å². The van der Waals surface area contributed by atoms with Crippen LogP contribution in [0.1, 0.15) is 41.4 Å². The molecule has 1 N–H and O–H groups in total. The first kappa shape index (κ1) is 17.0. The number of hydrogen-bond donors (Lipinski definition) is 1. The van der Waals surface area contributed by atoms with E-state index in [0.29, 0.717) is 12.4 Å². The predicted molar refractivity (Wildman–Crippen MR) is 91.6 cm³/mol. The van der Waals surface area contributed by atoms with Crippen LogP contribution in [-0.2, 0) is 11.3 Å². The summed E-state index contributed by atoms with van der Waals surface area (Å²) in [5, 5.41) is 9.52. The lowest BCUT2D eigenvalue weighted by molar-refractivity contribution is -0.139. The first-order chi connectivity index (χ1) is 12.0. The number of carbonyl (C=O) groups excluding carboxylic acids is 1. The van der Waals surface area contributed by atoms with E-state index >= 15 is 0 Å². The Labute approximate surface area is 146 Å². The van der Waals surface area contributed by atoms with Gasteiger partial charge in [-0.05, 0) is 31.0 Å². The molecule has 0 fully saturated rings. The van der Waals surface area contributed by atoms with E-state index < -0.39 is 11.9 Å². The molecular weight excluding hydrogens is 320 g/mol. The van der Waals surface area contributed by atoms with Crippen molar-refractivity contribution in [3.8, 4) is 5.88 Å². The lowest BCUT2D eigenvalue weighted by atomic mass is 9.89. The third-order valence-corrected chi connectivity index (χ3v) is 4.08. The maximum Gasteiger partial charge on any atom is 0.312 e. The van der Waals surface area contributed by atoms with Gasteiger partial charge in [0.25, 0.3) is 5.91 Å². The van der Waals surface area contributed by atoms with Crippen molar-refractivity contribution in [2.45, 2.75) is 32.4 Å². The van der Waals surface area contributed by atoms with Crippen molar-refractivity contribution in [1.82, 2.24) is 9.88 Å². The van der Waals surface area contributed by atoms with Crippen LogP contribution in [0.5, 0.6) is 5.88 Å². The number of carbonyl (C=O) groups is 2. The van der Waals surface area contributed by atoms with Gasteiger partial charge in [0, 0.05) is 19.2 Å². The number of aliphatic carboxylic acids is 1. The standard InChI is InChI=1S/C19H20N2O4/c1-12(2)25-17-9-5-8-16(20-17)18(22)21-10-13-6-3-4-7-14(13)15(11-21)19(23)24/h3-9,12,15H,10-11H2,1-2H3,(H,23,24). The first-order valence-electron chi connectivity index (χ1n) is 8.19. The number of benzene rings is 1. The highest BCUT2D eigenvalue weighted by Gasteiger charge is 2.33. The molecule has 1 atom stereocenters. The maximum absolute atomic E-state index is 12.8. The smallest absolute Gasteiger partial charge is 0.312 e. The third-order valence-electron chi connectivity index (χ3n) is 4.08. The predicted octanol–water partition coefficient (Wildman–Crippen LogP) is 2.69. The summed E-state index contributed by atoms with van der Waals surface area (Å²) in [5.41, 5.74) is 1.87. The molecule has 1 amide bonds. The third kappa shape index (κ3) is 3.63. The van der Waals surface area contributed by atoms with Gasteiger partial charge in [0.2, 0.25) is 5.88 Å². The molecule has 6 nitrogen and oxygen atoms in total. The quantitative estimate of drug-likeness (QED) is 0.926. The highest BCUT2D eigenvalue weighted by Crippen LogP contribution is 2.29. The zero-order chi connectivity index (χ0) is 18.0. The molecule has 0 bridgehead atoms. The van der Waals surface area contributed by atoms with E-state index in [1.807, 2.05) is 38.1 Å². The van der Waals surface area contributed by atoms with Crippen molar-refractivity contribution in [1.29, 1.82) is 0 Å². The molecule has 0 spiro atoms. The molecule has 1 aliphatic heterocycles. The minimum absolute atomic E-state index is 0.0453. The van der Waals surface area contributed by atoms with Gasteiger partial charge in [-0.15, -0.1) is 0 Å². The molecule has 1 aliphatic rings. The zero-order valence-electron chi connectivity index (χ0n) is 14.2. The Bertz CT molecular complexity index is 804. The van der Waals surface area contributed by atoms with Gasteiger partial charge in [0.1, 0.15) is 5.69 Å². The second kappa shape index (κ2) is 6.93. The second-order valence-corrected chi connectivity index (χ2v) is 6.30. The largest absolute Gasteiger partial charge is 0.481 e. The number of ether oxygens (including phenoxy) is 1. The molecular formula is C19H20N2O4. The lowest BCUT2D eigenvalue weighted by Gasteiger charge is -2.32. The van der Waals surface area contributed by atoms with Crippen LogP contribution in [0.15, 0.2) is 42.5 Å². The molecule has 130 valence electrons. The molecule has 1 aromatic carbocycles. The fraction of sp³-hybridized carbons (Fsp3) is 0.316. The normalized spacial score (nSPS) is 16.4. The van der Waals surface area contributed by atoms with E-state index in [1.54, 1.807) is 18.2 Å². The minimum Gasteiger partial charge on any atom is -0.481 e. The summed E-state index contributed by atoms with van der Waals surface area (Å²) in [6.45, 7) is 4.27. The fourth-order valence-corrected chi connectivity index (χ4v) is 2.98. The van der Waals surface area contributed by atoms with Crippen LogP contribution in [0.2, 0.25) is 0 Å². The van der Waals surface area contributed by atoms with Crippen molar-refractivity contribution < 1.29 is 19.4 Å². The molecule has 6 heteroatoms. The van der Waals surface area contributed by atoms with Gasteiger partial charge in [-0.25, -0.2) is 4.98 Å². The summed E-state index contributed by atoms with van der Waals surface area (Å²) < 4.78 is 5.53. The summed E-state index contributed by atoms with van der Waals surface area (Å²) in [6.07, 6.45) is -0.0453. The number of aromatic nitrogens is 1. The van der Waals surface area contributed by atoms with E-state index in [2.05, 4.69) is 4.98 Å². The van der Waals surface area contributed by atoms with Crippen LogP contribution in [0.25, 0.3) is 0 Å². The second-order valence-electron chi connectivity index (χ2n) is 6.30. The van der Waals surface area contributed by atoms with Crippen molar-refractivity contribution in [2.24, 2.45) is 0 Å². The number of pyridine rings is 1. The van der Waals surface area contributed by atoms with Gasteiger partial charge in [0.15, 0.2) is 0 Å². The first-order valence-corrected chi connectivity index (χ1v) is 8.19. The highest BCUT2D eigenvalue weighted by atomic mass is 16.5. The lowest BCUT2D eigenvalue weighted by Crippen LogP contribution is -2.40. The van der Waals surface area contributed by atoms with Gasteiger partial charge in [0.05, 0.1) is 12.0 Å². The van der Waals surface area contributed by atoms with Crippen LogP contribution in [0.4, 0.5) is 0 Å². The number of rotatable bonds is 4. The average Bonchev–Trinajstić information content (AvgIpc) is 2.59. The SMILES string of the molecule is CC(C)Oc1cccc(C(=O)N2Cc3ccccc3C(C(=O)O)C2)n1. The van der Waals surface area contributed by atoms with E-state index in [9.17, 15) is 14.7 Å². The molecule has 0 radical (unpaired) electrons. The fourth-order valence-electron chi connectivity index (χ4n) is 2.98. The van der Waals surface area contributed by atoms with Gasteiger partial charge in [-0.2, -0.15) is 0 Å². The number of carboxylic acid groups (broad SMARTS) is 1. The Hall–Kier alpha value is -2.89. The number of amides is 1. The Morgan fingerprint density at radius 2 is 1.96 bits per heavy atom. The van der Waals surface area contributed by atoms with E-state index in [1.165, 1.54) is 4.90 Å². The average molecular weight is 340 g/mol.